The molecule has 0 aliphatic carbocycles. The average molecular weight is 302 g/mol. The third-order valence-corrected chi connectivity index (χ3v) is 4.30. The van der Waals surface area contributed by atoms with Crippen LogP contribution in [0.4, 0.5) is 5.69 Å². The third-order valence-electron chi connectivity index (χ3n) is 3.04. The molecule has 6 heteroatoms. The van der Waals surface area contributed by atoms with Gasteiger partial charge in [-0.15, -0.1) is 0 Å². The van der Waals surface area contributed by atoms with Gasteiger partial charge in [0.05, 0.1) is 11.4 Å². The zero-order valence-corrected chi connectivity index (χ0v) is 12.2. The van der Waals surface area contributed by atoms with Gasteiger partial charge in [0.15, 0.2) is 12.0 Å². The molecule has 0 saturated carbocycles. The Labute approximate surface area is 122 Å². The van der Waals surface area contributed by atoms with Crippen molar-refractivity contribution in [3.63, 3.8) is 0 Å². The van der Waals surface area contributed by atoms with E-state index < -0.39 is 10.0 Å². The van der Waals surface area contributed by atoms with Crippen LogP contribution in [0.15, 0.2) is 53.3 Å². The summed E-state index contributed by atoms with van der Waals surface area (Å²) in [5.41, 5.74) is 3.50. The van der Waals surface area contributed by atoms with Crippen molar-refractivity contribution in [3.05, 3.63) is 60.0 Å². The second-order valence-electron chi connectivity index (χ2n) is 4.89. The molecule has 21 heavy (non-hydrogen) atoms. The predicted molar refractivity (Wildman–Crippen MR) is 81.4 cm³/mol. The van der Waals surface area contributed by atoms with Gasteiger partial charge in [-0.1, -0.05) is 29.8 Å². The van der Waals surface area contributed by atoms with Crippen LogP contribution in [0.5, 0.6) is 0 Å². The molecule has 0 spiro atoms. The van der Waals surface area contributed by atoms with Crippen molar-refractivity contribution in [2.45, 2.75) is 12.7 Å². The molecule has 0 unspecified atom stereocenters. The Balaban J connectivity index is 1.82. The Morgan fingerprint density at radius 2 is 2.05 bits per heavy atom. The van der Waals surface area contributed by atoms with E-state index in [1.54, 1.807) is 24.3 Å². The van der Waals surface area contributed by atoms with Gasteiger partial charge in [0.25, 0.3) is 0 Å². The number of nitrogens with zero attached hydrogens (tertiary/aromatic N) is 1. The number of anilines is 1. The number of oxazole rings is 1. The summed E-state index contributed by atoms with van der Waals surface area (Å²) in [6, 6.07) is 12.4. The van der Waals surface area contributed by atoms with Gasteiger partial charge >= 0.3 is 0 Å². The third kappa shape index (κ3) is 3.22. The summed E-state index contributed by atoms with van der Waals surface area (Å²) in [6.45, 7) is 1.93. The van der Waals surface area contributed by atoms with Crippen molar-refractivity contribution >= 4 is 26.8 Å². The van der Waals surface area contributed by atoms with Crippen molar-refractivity contribution in [2.24, 2.45) is 0 Å². The van der Waals surface area contributed by atoms with Gasteiger partial charge < -0.3 is 4.42 Å². The summed E-state index contributed by atoms with van der Waals surface area (Å²) in [5.74, 6) is -0.0640. The van der Waals surface area contributed by atoms with E-state index in [0.717, 1.165) is 11.1 Å². The highest BCUT2D eigenvalue weighted by atomic mass is 32.2. The maximum absolute atomic E-state index is 12.2. The molecule has 0 amide bonds. The zero-order valence-electron chi connectivity index (χ0n) is 11.4. The lowest BCUT2D eigenvalue weighted by molar-refractivity contribution is 0.599. The number of nitrogens with one attached hydrogen (secondary N) is 1. The van der Waals surface area contributed by atoms with Crippen LogP contribution in [0.2, 0.25) is 0 Å². The SMILES string of the molecule is Cc1cccc(CS(=O)(=O)Nc2ccc3ocnc3c2)c1. The van der Waals surface area contributed by atoms with Gasteiger partial charge in [-0.05, 0) is 30.7 Å². The maximum Gasteiger partial charge on any atom is 0.236 e. The monoisotopic (exact) mass is 302 g/mol. The molecule has 1 N–H and O–H groups in total. The molecule has 0 radical (unpaired) electrons. The van der Waals surface area contributed by atoms with Crippen LogP contribution in [0.3, 0.4) is 0 Å². The van der Waals surface area contributed by atoms with Crippen LogP contribution in [-0.4, -0.2) is 13.4 Å². The molecular formula is C15H14N2O3S. The van der Waals surface area contributed by atoms with E-state index in [4.69, 9.17) is 4.42 Å². The highest BCUT2D eigenvalue weighted by molar-refractivity contribution is 7.91. The van der Waals surface area contributed by atoms with Crippen LogP contribution in [0.1, 0.15) is 11.1 Å². The van der Waals surface area contributed by atoms with Crippen molar-refractivity contribution < 1.29 is 12.8 Å². The largest absolute Gasteiger partial charge is 0.443 e. The summed E-state index contributed by atoms with van der Waals surface area (Å²) >= 11 is 0. The lowest BCUT2D eigenvalue weighted by atomic mass is 10.2. The van der Waals surface area contributed by atoms with Gasteiger partial charge in [-0.3, -0.25) is 4.72 Å². The van der Waals surface area contributed by atoms with E-state index in [9.17, 15) is 8.42 Å². The minimum Gasteiger partial charge on any atom is -0.443 e. The molecule has 0 aliphatic rings. The molecule has 3 aromatic rings. The van der Waals surface area contributed by atoms with Gasteiger partial charge in [0, 0.05) is 0 Å². The fourth-order valence-corrected chi connectivity index (χ4v) is 3.33. The summed E-state index contributed by atoms with van der Waals surface area (Å²) in [4.78, 5) is 4.00. The number of aryl methyl sites for hydroxylation is 1. The van der Waals surface area contributed by atoms with Crippen LogP contribution < -0.4 is 4.72 Å². The van der Waals surface area contributed by atoms with E-state index in [-0.39, 0.29) is 5.75 Å². The van der Waals surface area contributed by atoms with Crippen LogP contribution in [0.25, 0.3) is 11.1 Å². The topological polar surface area (TPSA) is 72.2 Å². The minimum atomic E-state index is -3.46. The number of fused-ring (bicyclic) bond motifs is 1. The van der Waals surface area contributed by atoms with E-state index in [2.05, 4.69) is 9.71 Å². The van der Waals surface area contributed by atoms with Gasteiger partial charge in [0.2, 0.25) is 10.0 Å². The summed E-state index contributed by atoms with van der Waals surface area (Å²) in [6.07, 6.45) is 1.33. The standard InChI is InChI=1S/C15H14N2O3S/c1-11-3-2-4-12(7-11)9-21(18,19)17-13-5-6-15-14(8-13)16-10-20-15/h2-8,10,17H,9H2,1H3. The molecule has 108 valence electrons. The summed E-state index contributed by atoms with van der Waals surface area (Å²) in [5, 5.41) is 0. The first-order chi connectivity index (χ1) is 10.0. The first kappa shape index (κ1) is 13.6. The van der Waals surface area contributed by atoms with E-state index >= 15 is 0 Å². The molecule has 0 saturated heterocycles. The van der Waals surface area contributed by atoms with Crippen molar-refractivity contribution in [1.29, 1.82) is 0 Å². The van der Waals surface area contributed by atoms with Gasteiger partial charge in [-0.25, -0.2) is 13.4 Å². The molecule has 0 atom stereocenters. The van der Waals surface area contributed by atoms with Crippen molar-refractivity contribution in [3.8, 4) is 0 Å². The second kappa shape index (κ2) is 5.21. The Morgan fingerprint density at radius 3 is 2.86 bits per heavy atom. The molecule has 1 aromatic heterocycles. The van der Waals surface area contributed by atoms with Crippen LogP contribution >= 0.6 is 0 Å². The summed E-state index contributed by atoms with van der Waals surface area (Å²) < 4.78 is 32.1. The van der Waals surface area contributed by atoms with E-state index in [1.807, 2.05) is 25.1 Å². The Bertz CT molecular complexity index is 885. The van der Waals surface area contributed by atoms with Crippen molar-refractivity contribution in [2.75, 3.05) is 4.72 Å². The average Bonchev–Trinajstić information content (AvgIpc) is 2.84. The first-order valence-electron chi connectivity index (χ1n) is 6.41. The number of aromatic nitrogens is 1. The molecule has 5 nitrogen and oxygen atoms in total. The second-order valence-corrected chi connectivity index (χ2v) is 6.61. The lowest BCUT2D eigenvalue weighted by Gasteiger charge is -2.08. The van der Waals surface area contributed by atoms with E-state index in [0.29, 0.717) is 16.8 Å². The zero-order chi connectivity index (χ0) is 14.9. The highest BCUT2D eigenvalue weighted by Crippen LogP contribution is 2.19. The van der Waals surface area contributed by atoms with E-state index in [1.165, 1.54) is 6.39 Å². The molecule has 3 rings (SSSR count). The normalized spacial score (nSPS) is 11.7. The van der Waals surface area contributed by atoms with Crippen molar-refractivity contribution in [1.82, 2.24) is 4.98 Å². The first-order valence-corrected chi connectivity index (χ1v) is 8.06. The molecular weight excluding hydrogens is 288 g/mol. The number of hydrogen-bond donors (Lipinski definition) is 1. The minimum absolute atomic E-state index is 0.0640. The molecule has 0 fully saturated rings. The molecule has 0 aliphatic heterocycles. The van der Waals surface area contributed by atoms with Gasteiger partial charge in [0.1, 0.15) is 5.52 Å². The number of sulfonamides is 1. The van der Waals surface area contributed by atoms with Crippen LogP contribution in [-0.2, 0) is 15.8 Å². The van der Waals surface area contributed by atoms with Crippen LogP contribution in [0, 0.1) is 6.92 Å². The fourth-order valence-electron chi connectivity index (χ4n) is 2.16. The lowest BCUT2D eigenvalue weighted by Crippen LogP contribution is -2.15. The Kier molecular flexibility index (Phi) is 3.39. The highest BCUT2D eigenvalue weighted by Gasteiger charge is 2.12. The summed E-state index contributed by atoms with van der Waals surface area (Å²) in [7, 11) is -3.46. The number of rotatable bonds is 4. The number of benzene rings is 2. The Morgan fingerprint density at radius 1 is 1.19 bits per heavy atom. The predicted octanol–water partition coefficient (Wildman–Crippen LogP) is 3.08. The fraction of sp³-hybridized carbons (Fsp3) is 0.133. The number of hydrogen-bond acceptors (Lipinski definition) is 4. The smallest absolute Gasteiger partial charge is 0.236 e. The molecule has 1 heterocycles. The molecule has 2 aromatic carbocycles. The molecule has 0 bridgehead atoms. The Hall–Kier alpha value is -2.34. The quantitative estimate of drug-likeness (QED) is 0.804. The van der Waals surface area contributed by atoms with Gasteiger partial charge in [-0.2, -0.15) is 0 Å². The maximum atomic E-state index is 12.2.